The molecule has 1 aromatic rings. The van der Waals surface area contributed by atoms with Crippen molar-refractivity contribution in [3.63, 3.8) is 0 Å². The van der Waals surface area contributed by atoms with E-state index >= 15 is 0 Å². The van der Waals surface area contributed by atoms with Crippen molar-refractivity contribution in [2.24, 2.45) is 16.3 Å². The van der Waals surface area contributed by atoms with Crippen LogP contribution in [0.3, 0.4) is 0 Å². The zero-order chi connectivity index (χ0) is 16.0. The molecule has 1 aliphatic carbocycles. The van der Waals surface area contributed by atoms with Crippen LogP contribution in [0.4, 0.5) is 5.69 Å². The summed E-state index contributed by atoms with van der Waals surface area (Å²) in [5.74, 6) is 0.729. The molecular formula is C17H24ClN3S. The van der Waals surface area contributed by atoms with Gasteiger partial charge in [-0.25, -0.2) is 10.4 Å². The number of nitrogens with one attached hydrogen (secondary N) is 1. The van der Waals surface area contributed by atoms with E-state index in [4.69, 9.17) is 16.6 Å². The van der Waals surface area contributed by atoms with Gasteiger partial charge in [-0.15, -0.1) is 0 Å². The summed E-state index contributed by atoms with van der Waals surface area (Å²) in [7, 11) is 2.06. The normalized spacial score (nSPS) is 32.9. The van der Waals surface area contributed by atoms with Gasteiger partial charge in [-0.05, 0) is 54.9 Å². The van der Waals surface area contributed by atoms with Crippen molar-refractivity contribution in [2.75, 3.05) is 7.05 Å². The summed E-state index contributed by atoms with van der Waals surface area (Å²) in [6.07, 6.45) is 3.65. The molecule has 2 atom stereocenters. The smallest absolute Gasteiger partial charge is 0.180 e. The largest absolute Gasteiger partial charge is 0.288 e. The molecule has 1 saturated carbocycles. The second-order valence-electron chi connectivity index (χ2n) is 7.49. The van der Waals surface area contributed by atoms with Crippen molar-refractivity contribution in [1.29, 1.82) is 0 Å². The molecule has 0 amide bonds. The van der Waals surface area contributed by atoms with Crippen LogP contribution in [0, 0.1) is 11.3 Å². The van der Waals surface area contributed by atoms with Crippen LogP contribution in [0.15, 0.2) is 29.3 Å². The van der Waals surface area contributed by atoms with Gasteiger partial charge >= 0.3 is 0 Å². The quantitative estimate of drug-likeness (QED) is 0.776. The van der Waals surface area contributed by atoms with Gasteiger partial charge in [0.05, 0.1) is 10.6 Å². The van der Waals surface area contributed by atoms with Crippen LogP contribution in [0.1, 0.15) is 40.0 Å². The number of nitrogens with zero attached hydrogens (tertiary/aromatic N) is 2. The first-order valence-corrected chi connectivity index (χ1v) is 9.01. The van der Waals surface area contributed by atoms with E-state index < -0.39 is 0 Å². The van der Waals surface area contributed by atoms with Crippen LogP contribution in [-0.4, -0.2) is 22.1 Å². The lowest BCUT2D eigenvalue weighted by Gasteiger charge is -2.44. The maximum atomic E-state index is 5.94. The Labute approximate surface area is 142 Å². The first-order valence-electron chi connectivity index (χ1n) is 7.82. The van der Waals surface area contributed by atoms with Crippen molar-refractivity contribution in [1.82, 2.24) is 10.4 Å². The van der Waals surface area contributed by atoms with Gasteiger partial charge in [0, 0.05) is 12.1 Å². The van der Waals surface area contributed by atoms with Gasteiger partial charge in [0.2, 0.25) is 0 Å². The van der Waals surface area contributed by atoms with Gasteiger partial charge < -0.3 is 0 Å². The number of hydrazine groups is 1. The van der Waals surface area contributed by atoms with Gasteiger partial charge in [-0.2, -0.15) is 0 Å². The summed E-state index contributed by atoms with van der Waals surface area (Å²) < 4.78 is 0. The molecule has 1 saturated heterocycles. The lowest BCUT2D eigenvalue weighted by molar-refractivity contribution is 0.110. The lowest BCUT2D eigenvalue weighted by Crippen LogP contribution is -2.50. The first kappa shape index (κ1) is 16.2. The van der Waals surface area contributed by atoms with Crippen LogP contribution >= 0.6 is 23.4 Å². The SMILES string of the molecule is CC1CC(C)(C)CC2(C1)NN(C)C(=Nc1ccc(Cl)cc1)S2. The molecule has 5 heteroatoms. The number of rotatable bonds is 1. The summed E-state index contributed by atoms with van der Waals surface area (Å²) in [5.41, 5.74) is 4.99. The van der Waals surface area contributed by atoms with E-state index in [1.54, 1.807) is 0 Å². The van der Waals surface area contributed by atoms with Crippen LogP contribution in [0.5, 0.6) is 0 Å². The number of halogens is 1. The summed E-state index contributed by atoms with van der Waals surface area (Å²) in [5, 5.41) is 3.86. The Morgan fingerprint density at radius 3 is 2.59 bits per heavy atom. The zero-order valence-electron chi connectivity index (χ0n) is 13.7. The Morgan fingerprint density at radius 2 is 1.95 bits per heavy atom. The van der Waals surface area contributed by atoms with Crippen molar-refractivity contribution >= 4 is 34.2 Å². The van der Waals surface area contributed by atoms with E-state index in [-0.39, 0.29) is 4.87 Å². The Morgan fingerprint density at radius 1 is 1.27 bits per heavy atom. The first-order chi connectivity index (χ1) is 10.3. The molecule has 1 spiro atoms. The van der Waals surface area contributed by atoms with Crippen molar-refractivity contribution in [3.05, 3.63) is 29.3 Å². The topological polar surface area (TPSA) is 27.6 Å². The minimum atomic E-state index is 0.0845. The maximum Gasteiger partial charge on any atom is 0.180 e. The summed E-state index contributed by atoms with van der Waals surface area (Å²) in [4.78, 5) is 4.87. The van der Waals surface area contributed by atoms with E-state index in [9.17, 15) is 0 Å². The molecule has 0 radical (unpaired) electrons. The van der Waals surface area contributed by atoms with Crippen LogP contribution < -0.4 is 5.43 Å². The number of hydrogen-bond donors (Lipinski definition) is 1. The van der Waals surface area contributed by atoms with Gasteiger partial charge in [-0.3, -0.25) is 5.01 Å². The molecule has 120 valence electrons. The predicted octanol–water partition coefficient (Wildman–Crippen LogP) is 5.05. The molecule has 2 aliphatic rings. The third-order valence-corrected chi connectivity index (χ3v) is 5.93. The molecule has 3 rings (SSSR count). The Bertz CT molecular complexity index is 584. The summed E-state index contributed by atoms with van der Waals surface area (Å²) in [6, 6.07) is 7.69. The van der Waals surface area contributed by atoms with Crippen LogP contribution in [0.2, 0.25) is 5.02 Å². The molecule has 0 bridgehead atoms. The Balaban J connectivity index is 1.83. The third kappa shape index (κ3) is 3.44. The summed E-state index contributed by atoms with van der Waals surface area (Å²) in [6.45, 7) is 7.11. The van der Waals surface area contributed by atoms with Gasteiger partial charge in [0.15, 0.2) is 5.17 Å². The van der Waals surface area contributed by atoms with Gasteiger partial charge in [-0.1, -0.05) is 44.1 Å². The molecule has 1 heterocycles. The maximum absolute atomic E-state index is 5.94. The van der Waals surface area contributed by atoms with Crippen LogP contribution in [0.25, 0.3) is 0 Å². The Kier molecular flexibility index (Phi) is 4.21. The van der Waals surface area contributed by atoms with E-state index in [1.807, 2.05) is 36.0 Å². The summed E-state index contributed by atoms with van der Waals surface area (Å²) >= 11 is 7.82. The van der Waals surface area contributed by atoms with Crippen molar-refractivity contribution in [3.8, 4) is 0 Å². The molecule has 2 unspecified atom stereocenters. The zero-order valence-corrected chi connectivity index (χ0v) is 15.3. The monoisotopic (exact) mass is 337 g/mol. The Hall–Kier alpha value is -0.710. The standard InChI is InChI=1S/C17H24ClN3S/c1-12-9-16(2,3)11-17(10-12)20-21(4)15(22-17)19-14-7-5-13(18)6-8-14/h5-8,12,20H,9-11H2,1-4H3. The predicted molar refractivity (Wildman–Crippen MR) is 96.6 cm³/mol. The highest BCUT2D eigenvalue weighted by molar-refractivity contribution is 8.15. The number of benzene rings is 1. The molecule has 0 aromatic heterocycles. The fourth-order valence-corrected chi connectivity index (χ4v) is 5.82. The molecule has 1 aromatic carbocycles. The van der Waals surface area contributed by atoms with Crippen molar-refractivity contribution in [2.45, 2.75) is 44.9 Å². The molecular weight excluding hydrogens is 314 g/mol. The van der Waals surface area contributed by atoms with Crippen molar-refractivity contribution < 1.29 is 0 Å². The minimum Gasteiger partial charge on any atom is -0.288 e. The fraction of sp³-hybridized carbons (Fsp3) is 0.588. The molecule has 1 N–H and O–H groups in total. The van der Waals surface area contributed by atoms with Gasteiger partial charge in [0.1, 0.15) is 0 Å². The number of thioether (sulfide) groups is 1. The number of amidine groups is 1. The second kappa shape index (κ2) is 5.73. The highest BCUT2D eigenvalue weighted by Crippen LogP contribution is 2.51. The number of aliphatic imine (C=N–C) groups is 1. The fourth-order valence-electron chi connectivity index (χ4n) is 4.00. The average molecular weight is 338 g/mol. The average Bonchev–Trinajstić information content (AvgIpc) is 2.64. The van der Waals surface area contributed by atoms with Crippen LogP contribution in [-0.2, 0) is 0 Å². The lowest BCUT2D eigenvalue weighted by atomic mass is 9.70. The third-order valence-electron chi connectivity index (χ3n) is 4.34. The van der Waals surface area contributed by atoms with E-state index in [0.717, 1.165) is 21.8 Å². The molecule has 1 aliphatic heterocycles. The molecule has 22 heavy (non-hydrogen) atoms. The highest BCUT2D eigenvalue weighted by Gasteiger charge is 2.49. The van der Waals surface area contributed by atoms with E-state index in [2.05, 4.69) is 38.3 Å². The van der Waals surface area contributed by atoms with E-state index in [1.165, 1.54) is 19.3 Å². The second-order valence-corrected chi connectivity index (χ2v) is 9.28. The van der Waals surface area contributed by atoms with Gasteiger partial charge in [0.25, 0.3) is 0 Å². The highest BCUT2D eigenvalue weighted by atomic mass is 35.5. The minimum absolute atomic E-state index is 0.0845. The molecule has 3 nitrogen and oxygen atoms in total. The van der Waals surface area contributed by atoms with E-state index in [0.29, 0.717) is 5.41 Å². The molecule has 2 fully saturated rings. The number of hydrogen-bond acceptors (Lipinski definition) is 3.